The molecule has 0 saturated carbocycles. The smallest absolute Gasteiger partial charge is 0.255 e. The number of carbonyl (C=O) groups excluding carboxylic acids is 1. The molecule has 118 valence electrons. The first-order chi connectivity index (χ1) is 11.2. The van der Waals surface area contributed by atoms with Gasteiger partial charge in [-0.25, -0.2) is 9.97 Å². The molecule has 2 aromatic rings. The van der Waals surface area contributed by atoms with Crippen LogP contribution in [0.25, 0.3) is 11.4 Å². The quantitative estimate of drug-likeness (QED) is 0.848. The number of aliphatic hydroxyl groups is 1. The van der Waals surface area contributed by atoms with Gasteiger partial charge in [0.05, 0.1) is 11.3 Å². The van der Waals surface area contributed by atoms with Gasteiger partial charge in [-0.2, -0.15) is 0 Å². The molecule has 0 radical (unpaired) electrons. The predicted octanol–water partition coefficient (Wildman–Crippen LogP) is 2.12. The highest BCUT2D eigenvalue weighted by molar-refractivity contribution is 5.95. The molecule has 1 heterocycles. The Bertz CT molecular complexity index is 728. The van der Waals surface area contributed by atoms with E-state index in [2.05, 4.69) is 15.3 Å². The lowest BCUT2D eigenvalue weighted by Crippen LogP contribution is -2.33. The summed E-state index contributed by atoms with van der Waals surface area (Å²) in [4.78, 5) is 21.1. The molecule has 5 heteroatoms. The van der Waals surface area contributed by atoms with E-state index < -0.39 is 0 Å². The minimum Gasteiger partial charge on any atom is -0.396 e. The van der Waals surface area contributed by atoms with Crippen LogP contribution in [0.3, 0.4) is 0 Å². The van der Waals surface area contributed by atoms with Crippen molar-refractivity contribution in [3.05, 3.63) is 59.9 Å². The van der Waals surface area contributed by atoms with E-state index in [1.165, 1.54) is 0 Å². The van der Waals surface area contributed by atoms with Gasteiger partial charge < -0.3 is 10.4 Å². The molecule has 2 atom stereocenters. The number of carbonyl (C=O) groups is 1. The zero-order valence-electron chi connectivity index (χ0n) is 12.9. The number of nitrogens with one attached hydrogen (secondary N) is 1. The van der Waals surface area contributed by atoms with Gasteiger partial charge in [-0.15, -0.1) is 0 Å². The average molecular weight is 309 g/mol. The van der Waals surface area contributed by atoms with E-state index in [0.717, 1.165) is 12.0 Å². The summed E-state index contributed by atoms with van der Waals surface area (Å²) in [5.74, 6) is 0.550. The second-order valence-electron chi connectivity index (χ2n) is 5.70. The molecule has 0 saturated heterocycles. The molecule has 0 fully saturated rings. The summed E-state index contributed by atoms with van der Waals surface area (Å²) < 4.78 is 0. The standard InChI is InChI=1S/C18H19N3O2/c1-12-16(18(23)21-15-8-7-13(9-15)11-22)10-19-17(20-12)14-5-3-2-4-6-14/h2-8,10,13,15,22H,9,11H2,1H3,(H,21,23)/t13-,15+/m0/s1. The number of aliphatic hydroxyl groups excluding tert-OH is 1. The fourth-order valence-electron chi connectivity index (χ4n) is 2.68. The minimum atomic E-state index is -0.185. The van der Waals surface area contributed by atoms with Crippen molar-refractivity contribution < 1.29 is 9.90 Å². The molecule has 0 aliphatic heterocycles. The number of benzene rings is 1. The van der Waals surface area contributed by atoms with Gasteiger partial charge in [0.2, 0.25) is 0 Å². The summed E-state index contributed by atoms with van der Waals surface area (Å²) in [5, 5.41) is 12.1. The van der Waals surface area contributed by atoms with Crippen LogP contribution in [0.15, 0.2) is 48.7 Å². The Kier molecular flexibility index (Phi) is 4.48. The van der Waals surface area contributed by atoms with Crippen molar-refractivity contribution in [2.24, 2.45) is 5.92 Å². The summed E-state index contributed by atoms with van der Waals surface area (Å²) in [6.45, 7) is 1.92. The van der Waals surface area contributed by atoms with Gasteiger partial charge in [0, 0.05) is 30.3 Å². The third-order valence-corrected chi connectivity index (χ3v) is 3.98. The lowest BCUT2D eigenvalue weighted by atomic mass is 10.1. The number of nitrogens with zero attached hydrogens (tertiary/aromatic N) is 2. The summed E-state index contributed by atoms with van der Waals surface area (Å²) in [6.07, 6.45) is 6.16. The second-order valence-corrected chi connectivity index (χ2v) is 5.70. The molecule has 0 unspecified atom stereocenters. The molecular formula is C18H19N3O2. The van der Waals surface area contributed by atoms with Crippen LogP contribution in [0.4, 0.5) is 0 Å². The van der Waals surface area contributed by atoms with Gasteiger partial charge in [0.1, 0.15) is 0 Å². The van der Waals surface area contributed by atoms with Crippen molar-refractivity contribution in [3.63, 3.8) is 0 Å². The van der Waals surface area contributed by atoms with Crippen molar-refractivity contribution in [2.75, 3.05) is 6.61 Å². The first-order valence-electron chi connectivity index (χ1n) is 7.66. The van der Waals surface area contributed by atoms with Crippen LogP contribution in [0.2, 0.25) is 0 Å². The molecule has 5 nitrogen and oxygen atoms in total. The third-order valence-electron chi connectivity index (χ3n) is 3.98. The Hall–Kier alpha value is -2.53. The maximum atomic E-state index is 12.4. The molecule has 1 aromatic carbocycles. The second kappa shape index (κ2) is 6.71. The van der Waals surface area contributed by atoms with Gasteiger partial charge in [-0.1, -0.05) is 42.5 Å². The van der Waals surface area contributed by atoms with E-state index >= 15 is 0 Å². The fourth-order valence-corrected chi connectivity index (χ4v) is 2.68. The Morgan fingerprint density at radius 2 is 2.09 bits per heavy atom. The normalized spacial score (nSPS) is 19.7. The number of rotatable bonds is 4. The van der Waals surface area contributed by atoms with Crippen LogP contribution >= 0.6 is 0 Å². The molecule has 0 bridgehead atoms. The number of hydrogen-bond donors (Lipinski definition) is 2. The van der Waals surface area contributed by atoms with E-state index in [9.17, 15) is 4.79 Å². The van der Waals surface area contributed by atoms with Gasteiger partial charge in [-0.05, 0) is 13.3 Å². The van der Waals surface area contributed by atoms with Gasteiger partial charge in [0.25, 0.3) is 5.91 Å². The van der Waals surface area contributed by atoms with Crippen molar-refractivity contribution in [2.45, 2.75) is 19.4 Å². The van der Waals surface area contributed by atoms with Crippen LogP contribution in [-0.2, 0) is 0 Å². The van der Waals surface area contributed by atoms with Crippen molar-refractivity contribution in [1.82, 2.24) is 15.3 Å². The van der Waals surface area contributed by atoms with Crippen LogP contribution in [0, 0.1) is 12.8 Å². The number of amides is 1. The summed E-state index contributed by atoms with van der Waals surface area (Å²) in [6, 6.07) is 9.62. The largest absolute Gasteiger partial charge is 0.396 e. The Balaban J connectivity index is 1.73. The lowest BCUT2D eigenvalue weighted by molar-refractivity contribution is 0.0939. The first-order valence-corrected chi connectivity index (χ1v) is 7.66. The molecule has 1 aromatic heterocycles. The summed E-state index contributed by atoms with van der Waals surface area (Å²) >= 11 is 0. The molecule has 2 N–H and O–H groups in total. The third kappa shape index (κ3) is 3.46. The Morgan fingerprint density at radius 3 is 2.74 bits per heavy atom. The topological polar surface area (TPSA) is 75.1 Å². The SMILES string of the molecule is Cc1nc(-c2ccccc2)ncc1C(=O)N[C@@H]1C=C[C@H](CO)C1. The fraction of sp³-hybridized carbons (Fsp3) is 0.278. The Labute approximate surface area is 135 Å². The van der Waals surface area contributed by atoms with Crippen molar-refractivity contribution in [3.8, 4) is 11.4 Å². The minimum absolute atomic E-state index is 0.0483. The number of aryl methyl sites for hydroxylation is 1. The highest BCUT2D eigenvalue weighted by atomic mass is 16.3. The highest BCUT2D eigenvalue weighted by Gasteiger charge is 2.21. The molecule has 1 aliphatic carbocycles. The van der Waals surface area contributed by atoms with Gasteiger partial charge in [-0.3, -0.25) is 4.79 Å². The van der Waals surface area contributed by atoms with E-state index in [-0.39, 0.29) is 24.5 Å². The summed E-state index contributed by atoms with van der Waals surface area (Å²) in [5.41, 5.74) is 2.05. The highest BCUT2D eigenvalue weighted by Crippen LogP contribution is 2.19. The van der Waals surface area contributed by atoms with E-state index in [1.807, 2.05) is 49.4 Å². The molecule has 0 spiro atoms. The van der Waals surface area contributed by atoms with E-state index in [0.29, 0.717) is 17.1 Å². The summed E-state index contributed by atoms with van der Waals surface area (Å²) in [7, 11) is 0. The van der Waals surface area contributed by atoms with Gasteiger partial charge >= 0.3 is 0 Å². The van der Waals surface area contributed by atoms with E-state index in [1.54, 1.807) is 6.20 Å². The molecule has 1 aliphatic rings. The van der Waals surface area contributed by atoms with Crippen molar-refractivity contribution >= 4 is 5.91 Å². The van der Waals surface area contributed by atoms with Crippen molar-refractivity contribution in [1.29, 1.82) is 0 Å². The lowest BCUT2D eigenvalue weighted by Gasteiger charge is -2.13. The molecular weight excluding hydrogens is 290 g/mol. The molecule has 1 amide bonds. The number of aromatic nitrogens is 2. The zero-order valence-corrected chi connectivity index (χ0v) is 12.9. The zero-order chi connectivity index (χ0) is 16.2. The predicted molar refractivity (Wildman–Crippen MR) is 87.8 cm³/mol. The van der Waals surface area contributed by atoms with E-state index in [4.69, 9.17) is 5.11 Å². The first kappa shape index (κ1) is 15.4. The van der Waals surface area contributed by atoms with Crippen LogP contribution in [0.5, 0.6) is 0 Å². The maximum absolute atomic E-state index is 12.4. The monoisotopic (exact) mass is 309 g/mol. The molecule has 23 heavy (non-hydrogen) atoms. The van der Waals surface area contributed by atoms with Gasteiger partial charge in [0.15, 0.2) is 5.82 Å². The number of hydrogen-bond acceptors (Lipinski definition) is 4. The molecule has 3 rings (SSSR count). The van der Waals surface area contributed by atoms with Crippen LogP contribution in [0.1, 0.15) is 22.5 Å². The van der Waals surface area contributed by atoms with Crippen LogP contribution in [-0.4, -0.2) is 33.6 Å². The van der Waals surface area contributed by atoms with Crippen LogP contribution < -0.4 is 5.32 Å². The maximum Gasteiger partial charge on any atom is 0.255 e. The average Bonchev–Trinajstić information content (AvgIpc) is 3.03. The Morgan fingerprint density at radius 1 is 1.30 bits per heavy atom.